The summed E-state index contributed by atoms with van der Waals surface area (Å²) in [5, 5.41) is 9.01. The molecular weight excluding hydrogens is 442 g/mol. The Hall–Kier alpha value is -3.84. The van der Waals surface area contributed by atoms with E-state index in [1.54, 1.807) is 26.2 Å². The van der Waals surface area contributed by atoms with Crippen LogP contribution >= 0.6 is 0 Å². The normalized spacial score (nSPS) is 12.3. The van der Waals surface area contributed by atoms with E-state index in [1.807, 2.05) is 73.7 Å². The minimum Gasteiger partial charge on any atom is -0.497 e. The van der Waals surface area contributed by atoms with Gasteiger partial charge in [-0.25, -0.2) is 0 Å². The van der Waals surface area contributed by atoms with Gasteiger partial charge in [-0.2, -0.15) is 0 Å². The first kappa shape index (κ1) is 25.8. The lowest BCUT2D eigenvalue weighted by Gasteiger charge is -2.25. The van der Waals surface area contributed by atoms with Crippen LogP contribution in [0.4, 0.5) is 5.69 Å². The second kappa shape index (κ2) is 13.2. The molecule has 3 N–H and O–H groups in total. The Balaban J connectivity index is 1.59. The molecule has 3 aromatic rings. The number of rotatable bonds is 12. The van der Waals surface area contributed by atoms with E-state index >= 15 is 0 Å². The fraction of sp³-hybridized carbons (Fsp3) is 0.286. The summed E-state index contributed by atoms with van der Waals surface area (Å²) in [6.45, 7) is 4.95. The Kier molecular flexibility index (Phi) is 9.69. The van der Waals surface area contributed by atoms with Crippen LogP contribution in [-0.2, 0) is 16.1 Å². The lowest BCUT2D eigenvalue weighted by Crippen LogP contribution is -2.53. The van der Waals surface area contributed by atoms with Gasteiger partial charge in [0, 0.05) is 24.3 Å². The van der Waals surface area contributed by atoms with Crippen molar-refractivity contribution in [2.45, 2.75) is 32.6 Å². The molecule has 0 aliphatic rings. The molecule has 7 nitrogen and oxygen atoms in total. The summed E-state index contributed by atoms with van der Waals surface area (Å²) in [4.78, 5) is 26.0. The van der Waals surface area contributed by atoms with Gasteiger partial charge in [0.2, 0.25) is 5.91 Å². The number of carbonyl (C=O) groups is 2. The zero-order valence-corrected chi connectivity index (χ0v) is 20.4. The maximum Gasteiger partial charge on any atom is 0.252 e. The minimum atomic E-state index is -0.854. The van der Waals surface area contributed by atoms with Gasteiger partial charge in [0.25, 0.3) is 5.91 Å². The van der Waals surface area contributed by atoms with Gasteiger partial charge in [-0.15, -0.1) is 0 Å². The lowest BCUT2D eigenvalue weighted by molar-refractivity contribution is -0.126. The van der Waals surface area contributed by atoms with Crippen LogP contribution in [0.15, 0.2) is 78.9 Å². The third kappa shape index (κ3) is 8.15. The summed E-state index contributed by atoms with van der Waals surface area (Å²) >= 11 is 0. The minimum absolute atomic E-state index is 0.303. The first-order valence-corrected chi connectivity index (χ1v) is 11.6. The smallest absolute Gasteiger partial charge is 0.252 e. The van der Waals surface area contributed by atoms with Crippen molar-refractivity contribution in [3.63, 3.8) is 0 Å². The number of hydrogen-bond donors (Lipinski definition) is 3. The maximum absolute atomic E-state index is 13.1. The van der Waals surface area contributed by atoms with Crippen LogP contribution in [0.1, 0.15) is 28.4 Å². The van der Waals surface area contributed by atoms with Crippen molar-refractivity contribution in [3.8, 4) is 5.75 Å². The van der Waals surface area contributed by atoms with E-state index in [1.165, 1.54) is 0 Å². The highest BCUT2D eigenvalue weighted by molar-refractivity contribution is 5.97. The predicted octanol–water partition coefficient (Wildman–Crippen LogP) is 3.94. The van der Waals surface area contributed by atoms with Crippen LogP contribution in [0.2, 0.25) is 0 Å². The van der Waals surface area contributed by atoms with Crippen LogP contribution in [0.25, 0.3) is 0 Å². The van der Waals surface area contributed by atoms with Gasteiger partial charge < -0.3 is 25.4 Å². The summed E-state index contributed by atoms with van der Waals surface area (Å²) in [7, 11) is 1.62. The van der Waals surface area contributed by atoms with Gasteiger partial charge in [0.15, 0.2) is 0 Å². The van der Waals surface area contributed by atoms with E-state index in [0.29, 0.717) is 25.3 Å². The molecule has 35 heavy (non-hydrogen) atoms. The van der Waals surface area contributed by atoms with Crippen LogP contribution in [0, 0.1) is 6.92 Å². The van der Waals surface area contributed by atoms with Crippen LogP contribution in [0.5, 0.6) is 5.75 Å². The summed E-state index contributed by atoms with van der Waals surface area (Å²) in [6, 6.07) is 23.7. The van der Waals surface area contributed by atoms with Crippen molar-refractivity contribution in [1.82, 2.24) is 10.6 Å². The number of aryl methyl sites for hydroxylation is 1. The third-order valence-corrected chi connectivity index (χ3v) is 5.52. The number of amides is 2. The van der Waals surface area contributed by atoms with Crippen LogP contribution < -0.4 is 20.7 Å². The Bertz CT molecular complexity index is 1090. The van der Waals surface area contributed by atoms with Crippen LogP contribution in [0.3, 0.4) is 0 Å². The molecule has 0 saturated carbocycles. The highest BCUT2D eigenvalue weighted by Gasteiger charge is 2.28. The van der Waals surface area contributed by atoms with E-state index in [0.717, 1.165) is 22.6 Å². The molecule has 0 aliphatic heterocycles. The molecule has 0 fully saturated rings. The standard InChI is InChI=1S/C28H33N3O4/c1-20-8-7-11-23(18-20)27(32)31-26(21(2)35-19-22-9-5-4-6-10-22)28(33)30-17-16-29-24-12-14-25(34-3)15-13-24/h4-15,18,21,26,29H,16-17,19H2,1-3H3,(H,30,33)(H,31,32)/t21?,26-/m0/s1. The maximum atomic E-state index is 13.1. The van der Waals surface area contributed by atoms with Gasteiger partial charge >= 0.3 is 0 Å². The zero-order chi connectivity index (χ0) is 25.0. The van der Waals surface area contributed by atoms with Gasteiger partial charge in [0.05, 0.1) is 19.8 Å². The first-order valence-electron chi connectivity index (χ1n) is 11.6. The van der Waals surface area contributed by atoms with E-state index < -0.39 is 12.1 Å². The molecule has 2 atom stereocenters. The average molecular weight is 476 g/mol. The van der Waals surface area contributed by atoms with Crippen molar-refractivity contribution in [2.75, 3.05) is 25.5 Å². The molecule has 0 heterocycles. The molecule has 0 aliphatic carbocycles. The highest BCUT2D eigenvalue weighted by Crippen LogP contribution is 2.14. The van der Waals surface area contributed by atoms with Gasteiger partial charge in [-0.1, -0.05) is 48.0 Å². The van der Waals surface area contributed by atoms with E-state index in [-0.39, 0.29) is 11.8 Å². The average Bonchev–Trinajstić information content (AvgIpc) is 2.89. The Morgan fingerprint density at radius 2 is 1.66 bits per heavy atom. The molecule has 2 amide bonds. The molecule has 7 heteroatoms. The summed E-state index contributed by atoms with van der Waals surface area (Å²) in [5.74, 6) is 0.156. The summed E-state index contributed by atoms with van der Waals surface area (Å²) in [5.41, 5.74) is 3.38. The number of methoxy groups -OCH3 is 1. The molecule has 0 aromatic heterocycles. The molecule has 3 rings (SSSR count). The quantitative estimate of drug-likeness (QED) is 0.346. The lowest BCUT2D eigenvalue weighted by atomic mass is 10.1. The largest absolute Gasteiger partial charge is 0.497 e. The molecule has 0 saturated heterocycles. The van der Waals surface area contributed by atoms with E-state index in [2.05, 4.69) is 16.0 Å². The number of nitrogens with one attached hydrogen (secondary N) is 3. The Labute approximate surface area is 206 Å². The first-order chi connectivity index (χ1) is 17.0. The van der Waals surface area contributed by atoms with E-state index in [4.69, 9.17) is 9.47 Å². The second-order valence-electron chi connectivity index (χ2n) is 8.27. The van der Waals surface area contributed by atoms with Crippen molar-refractivity contribution < 1.29 is 19.1 Å². The van der Waals surface area contributed by atoms with Crippen molar-refractivity contribution in [2.24, 2.45) is 0 Å². The van der Waals surface area contributed by atoms with Crippen LogP contribution in [-0.4, -0.2) is 44.2 Å². The van der Waals surface area contributed by atoms with Crippen molar-refractivity contribution >= 4 is 17.5 Å². The number of anilines is 1. The Morgan fingerprint density at radius 1 is 0.914 bits per heavy atom. The van der Waals surface area contributed by atoms with Crippen molar-refractivity contribution in [1.29, 1.82) is 0 Å². The molecular formula is C28H33N3O4. The SMILES string of the molecule is COc1ccc(NCCNC(=O)[C@@H](NC(=O)c2cccc(C)c2)C(C)OCc2ccccc2)cc1. The molecule has 184 valence electrons. The monoisotopic (exact) mass is 475 g/mol. The molecule has 0 spiro atoms. The third-order valence-electron chi connectivity index (χ3n) is 5.52. The Morgan fingerprint density at radius 3 is 2.34 bits per heavy atom. The van der Waals surface area contributed by atoms with Crippen molar-refractivity contribution in [3.05, 3.63) is 95.6 Å². The summed E-state index contributed by atoms with van der Waals surface area (Å²) in [6.07, 6.45) is -0.543. The predicted molar refractivity (Wildman–Crippen MR) is 138 cm³/mol. The fourth-order valence-electron chi connectivity index (χ4n) is 3.52. The zero-order valence-electron chi connectivity index (χ0n) is 20.4. The summed E-state index contributed by atoms with van der Waals surface area (Å²) < 4.78 is 11.1. The van der Waals surface area contributed by atoms with Gasteiger partial charge in [-0.3, -0.25) is 9.59 Å². The fourth-order valence-corrected chi connectivity index (χ4v) is 3.52. The molecule has 0 radical (unpaired) electrons. The number of ether oxygens (including phenoxy) is 2. The number of benzene rings is 3. The molecule has 3 aromatic carbocycles. The second-order valence-corrected chi connectivity index (χ2v) is 8.27. The number of hydrogen-bond acceptors (Lipinski definition) is 5. The van der Waals surface area contributed by atoms with Gasteiger partial charge in [0.1, 0.15) is 11.8 Å². The molecule has 1 unspecified atom stereocenters. The van der Waals surface area contributed by atoms with E-state index in [9.17, 15) is 9.59 Å². The topological polar surface area (TPSA) is 88.7 Å². The van der Waals surface area contributed by atoms with Gasteiger partial charge in [-0.05, 0) is 55.8 Å². The highest BCUT2D eigenvalue weighted by atomic mass is 16.5. The number of carbonyl (C=O) groups excluding carboxylic acids is 2. The molecule has 0 bridgehead atoms.